The molecule has 3 heteroatoms. The molecule has 0 aliphatic rings. The van der Waals surface area contributed by atoms with Crippen molar-refractivity contribution >= 4 is 17.3 Å². The normalized spacial score (nSPS) is 8.91. The van der Waals surface area contributed by atoms with Crippen molar-refractivity contribution in [2.24, 2.45) is 0 Å². The Morgan fingerprint density at radius 2 is 2.09 bits per heavy atom. The van der Waals surface area contributed by atoms with Crippen molar-refractivity contribution in [3.63, 3.8) is 0 Å². The molecule has 0 radical (unpaired) electrons. The van der Waals surface area contributed by atoms with Crippen molar-refractivity contribution in [1.29, 1.82) is 0 Å². The van der Waals surface area contributed by atoms with E-state index in [1.165, 1.54) is 0 Å². The van der Waals surface area contributed by atoms with E-state index in [1.54, 1.807) is 0 Å². The summed E-state index contributed by atoms with van der Waals surface area (Å²) >= 11 is 4.97. The molecule has 0 saturated heterocycles. The maximum Gasteiger partial charge on any atom is 0.166 e. The maximum absolute atomic E-state index is 4.97. The number of thiocarbonyl (C=S) groups is 1. The minimum atomic E-state index is 0.717. The quantitative estimate of drug-likeness (QED) is 0.495. The van der Waals surface area contributed by atoms with E-state index in [1.807, 2.05) is 6.92 Å². The van der Waals surface area contributed by atoms with Gasteiger partial charge in [0, 0.05) is 13.1 Å². The summed E-state index contributed by atoms with van der Waals surface area (Å²) in [4.78, 5) is 0. The van der Waals surface area contributed by atoms with E-state index in [0.29, 0.717) is 0 Å². The van der Waals surface area contributed by atoms with Gasteiger partial charge >= 0.3 is 0 Å². The summed E-state index contributed by atoms with van der Waals surface area (Å²) in [6.45, 7) is 9.52. The lowest BCUT2D eigenvalue weighted by atomic mass is 10.3. The van der Waals surface area contributed by atoms with Gasteiger partial charge in [0.2, 0.25) is 0 Å². The Hall–Kier alpha value is -0.570. The molecule has 64 valence electrons. The average Bonchev–Trinajstić information content (AvgIpc) is 1.97. The van der Waals surface area contributed by atoms with Gasteiger partial charge in [-0.1, -0.05) is 19.1 Å². The predicted molar refractivity (Wildman–Crippen MR) is 53.7 cm³/mol. The van der Waals surface area contributed by atoms with E-state index < -0.39 is 0 Å². The number of hydrogen-bond donors (Lipinski definition) is 2. The van der Waals surface area contributed by atoms with Crippen LogP contribution in [0.15, 0.2) is 12.2 Å². The van der Waals surface area contributed by atoms with Crippen LogP contribution in [0.1, 0.15) is 20.3 Å². The Kier molecular flexibility index (Phi) is 5.84. The van der Waals surface area contributed by atoms with Gasteiger partial charge in [-0.05, 0) is 25.6 Å². The lowest BCUT2D eigenvalue weighted by Crippen LogP contribution is -2.36. The minimum absolute atomic E-state index is 0.717. The molecule has 0 fully saturated rings. The molecule has 0 spiro atoms. The van der Waals surface area contributed by atoms with Gasteiger partial charge in [-0.2, -0.15) is 0 Å². The van der Waals surface area contributed by atoms with Crippen LogP contribution in [-0.4, -0.2) is 18.2 Å². The fourth-order valence-corrected chi connectivity index (χ4v) is 0.706. The van der Waals surface area contributed by atoms with E-state index in [2.05, 4.69) is 24.1 Å². The highest BCUT2D eigenvalue weighted by Crippen LogP contribution is 1.81. The SMILES string of the molecule is C=C(C)CNC(=S)NCCC. The molecule has 0 bridgehead atoms. The van der Waals surface area contributed by atoms with Crippen LogP contribution in [-0.2, 0) is 0 Å². The van der Waals surface area contributed by atoms with Crippen molar-refractivity contribution in [3.05, 3.63) is 12.2 Å². The largest absolute Gasteiger partial charge is 0.363 e. The minimum Gasteiger partial charge on any atom is -0.363 e. The molecule has 0 aromatic heterocycles. The Morgan fingerprint density at radius 3 is 2.55 bits per heavy atom. The van der Waals surface area contributed by atoms with Crippen molar-refractivity contribution in [1.82, 2.24) is 10.6 Å². The highest BCUT2D eigenvalue weighted by Gasteiger charge is 1.91. The number of hydrogen-bond acceptors (Lipinski definition) is 1. The van der Waals surface area contributed by atoms with Gasteiger partial charge in [-0.3, -0.25) is 0 Å². The third-order valence-corrected chi connectivity index (χ3v) is 1.37. The number of rotatable bonds is 4. The smallest absolute Gasteiger partial charge is 0.166 e. The average molecular weight is 172 g/mol. The molecule has 0 aromatic rings. The van der Waals surface area contributed by atoms with Gasteiger partial charge in [-0.25, -0.2) is 0 Å². The van der Waals surface area contributed by atoms with E-state index in [4.69, 9.17) is 12.2 Å². The second-order valence-corrected chi connectivity index (χ2v) is 2.97. The summed E-state index contributed by atoms with van der Waals surface area (Å²) in [5.74, 6) is 0. The molecule has 0 atom stereocenters. The first-order valence-corrected chi connectivity index (χ1v) is 4.23. The van der Waals surface area contributed by atoms with Crippen LogP contribution in [0.25, 0.3) is 0 Å². The van der Waals surface area contributed by atoms with Crippen LogP contribution >= 0.6 is 12.2 Å². The fourth-order valence-electron chi connectivity index (χ4n) is 0.532. The Bertz CT molecular complexity index is 143. The zero-order chi connectivity index (χ0) is 8.69. The number of nitrogens with one attached hydrogen (secondary N) is 2. The van der Waals surface area contributed by atoms with Crippen LogP contribution in [0.2, 0.25) is 0 Å². The standard InChI is InChI=1S/C8H16N2S/c1-4-5-9-8(11)10-6-7(2)3/h2,4-6H2,1,3H3,(H2,9,10,11). The van der Waals surface area contributed by atoms with Crippen molar-refractivity contribution in [2.75, 3.05) is 13.1 Å². The third-order valence-electron chi connectivity index (χ3n) is 1.09. The highest BCUT2D eigenvalue weighted by atomic mass is 32.1. The van der Waals surface area contributed by atoms with E-state index in [9.17, 15) is 0 Å². The molecule has 0 aliphatic carbocycles. The second kappa shape index (κ2) is 6.16. The Labute approximate surface area is 74.1 Å². The summed E-state index contributed by atoms with van der Waals surface area (Å²) in [7, 11) is 0. The van der Waals surface area contributed by atoms with Crippen LogP contribution in [0.4, 0.5) is 0 Å². The Morgan fingerprint density at radius 1 is 1.45 bits per heavy atom. The van der Waals surface area contributed by atoms with Crippen molar-refractivity contribution in [3.8, 4) is 0 Å². The fraction of sp³-hybridized carbons (Fsp3) is 0.625. The lowest BCUT2D eigenvalue weighted by Gasteiger charge is -2.08. The summed E-state index contributed by atoms with van der Waals surface area (Å²) in [5, 5.41) is 6.82. The van der Waals surface area contributed by atoms with Crippen LogP contribution in [0.3, 0.4) is 0 Å². The Balaban J connectivity index is 3.30. The van der Waals surface area contributed by atoms with E-state index >= 15 is 0 Å². The predicted octanol–water partition coefficient (Wildman–Crippen LogP) is 1.44. The lowest BCUT2D eigenvalue weighted by molar-refractivity contribution is 0.815. The molecule has 2 nitrogen and oxygen atoms in total. The summed E-state index contributed by atoms with van der Waals surface area (Å²) in [6, 6.07) is 0. The summed E-state index contributed by atoms with van der Waals surface area (Å²) in [5.41, 5.74) is 1.09. The molecular formula is C8H16N2S. The zero-order valence-corrected chi connectivity index (χ0v) is 8.05. The van der Waals surface area contributed by atoms with E-state index in [0.717, 1.165) is 30.2 Å². The van der Waals surface area contributed by atoms with Crippen LogP contribution in [0, 0.1) is 0 Å². The first-order chi connectivity index (χ1) is 5.16. The molecule has 0 heterocycles. The van der Waals surface area contributed by atoms with Gasteiger partial charge in [-0.15, -0.1) is 0 Å². The molecule has 0 aromatic carbocycles. The molecular weight excluding hydrogens is 156 g/mol. The first kappa shape index (κ1) is 10.4. The topological polar surface area (TPSA) is 24.1 Å². The molecule has 0 aliphatic heterocycles. The van der Waals surface area contributed by atoms with Gasteiger partial charge in [0.1, 0.15) is 0 Å². The van der Waals surface area contributed by atoms with E-state index in [-0.39, 0.29) is 0 Å². The molecule has 0 unspecified atom stereocenters. The van der Waals surface area contributed by atoms with Gasteiger partial charge < -0.3 is 10.6 Å². The third kappa shape index (κ3) is 7.33. The molecule has 2 N–H and O–H groups in total. The van der Waals surface area contributed by atoms with Gasteiger partial charge in [0.05, 0.1) is 0 Å². The molecule has 11 heavy (non-hydrogen) atoms. The summed E-state index contributed by atoms with van der Waals surface area (Å²) in [6.07, 6.45) is 1.09. The van der Waals surface area contributed by atoms with Crippen LogP contribution < -0.4 is 10.6 Å². The summed E-state index contributed by atoms with van der Waals surface area (Å²) < 4.78 is 0. The molecule has 0 amide bonds. The van der Waals surface area contributed by atoms with Crippen molar-refractivity contribution < 1.29 is 0 Å². The zero-order valence-electron chi connectivity index (χ0n) is 7.24. The molecule has 0 rings (SSSR count). The highest BCUT2D eigenvalue weighted by molar-refractivity contribution is 7.80. The second-order valence-electron chi connectivity index (χ2n) is 2.57. The van der Waals surface area contributed by atoms with Gasteiger partial charge in [0.25, 0.3) is 0 Å². The first-order valence-electron chi connectivity index (χ1n) is 3.83. The maximum atomic E-state index is 4.97. The monoisotopic (exact) mass is 172 g/mol. The van der Waals surface area contributed by atoms with Gasteiger partial charge in [0.15, 0.2) is 5.11 Å². The van der Waals surface area contributed by atoms with Crippen LogP contribution in [0.5, 0.6) is 0 Å². The van der Waals surface area contributed by atoms with Crippen molar-refractivity contribution in [2.45, 2.75) is 20.3 Å². The molecule has 0 saturated carbocycles.